The number of benzene rings is 2. The van der Waals surface area contributed by atoms with Gasteiger partial charge in [0.1, 0.15) is 0 Å². The van der Waals surface area contributed by atoms with E-state index >= 15 is 0 Å². The third-order valence-electron chi connectivity index (χ3n) is 4.45. The van der Waals surface area contributed by atoms with Crippen molar-refractivity contribution in [2.45, 2.75) is 38.9 Å². The Morgan fingerprint density at radius 1 is 1.11 bits per heavy atom. The number of para-hydroxylation sites is 2. The molecule has 0 saturated carbocycles. The van der Waals surface area contributed by atoms with Crippen molar-refractivity contribution in [3.05, 3.63) is 63.9 Å². The summed E-state index contributed by atoms with van der Waals surface area (Å²) in [5.74, 6) is 0.521. The van der Waals surface area contributed by atoms with Crippen LogP contribution in [0, 0.1) is 13.8 Å². The van der Waals surface area contributed by atoms with Crippen LogP contribution in [0.2, 0.25) is 0 Å². The Morgan fingerprint density at radius 3 is 2.52 bits per heavy atom. The van der Waals surface area contributed by atoms with E-state index in [9.17, 15) is 9.59 Å². The Hall–Kier alpha value is -2.60. The molecule has 0 fully saturated rings. The minimum absolute atomic E-state index is 0.0360. The standard InChI is InChI=1S/C21H23N3O2S/c1-4-24-20(26)16-10-5-6-11-17(16)22-21(24)27-13-12-18(25)23-19-14(2)8-7-9-15(19)3/h5-11H,4,12-13H2,1-3H3,(H,23,25). The highest BCUT2D eigenvalue weighted by Gasteiger charge is 2.12. The molecule has 6 heteroatoms. The SMILES string of the molecule is CCn1c(SCCC(=O)Nc2c(C)cccc2C)nc2ccccc2c1=O. The van der Waals surface area contributed by atoms with Gasteiger partial charge in [-0.05, 0) is 44.0 Å². The number of hydrogen-bond donors (Lipinski definition) is 1. The Morgan fingerprint density at radius 2 is 1.81 bits per heavy atom. The molecule has 140 valence electrons. The fraction of sp³-hybridized carbons (Fsp3) is 0.286. The number of nitrogens with one attached hydrogen (secondary N) is 1. The predicted molar refractivity (Wildman–Crippen MR) is 112 cm³/mol. The molecular weight excluding hydrogens is 358 g/mol. The van der Waals surface area contributed by atoms with Gasteiger partial charge in [-0.3, -0.25) is 14.2 Å². The minimum Gasteiger partial charge on any atom is -0.326 e. The number of carbonyl (C=O) groups is 1. The van der Waals surface area contributed by atoms with E-state index in [1.54, 1.807) is 10.6 Å². The number of anilines is 1. The first-order valence-electron chi connectivity index (χ1n) is 8.99. The summed E-state index contributed by atoms with van der Waals surface area (Å²) in [6, 6.07) is 13.3. The lowest BCUT2D eigenvalue weighted by Gasteiger charge is -2.12. The van der Waals surface area contributed by atoms with Gasteiger partial charge in [0.15, 0.2) is 5.16 Å². The molecule has 0 saturated heterocycles. The Labute approximate surface area is 162 Å². The van der Waals surface area contributed by atoms with Gasteiger partial charge in [-0.25, -0.2) is 4.98 Å². The highest BCUT2D eigenvalue weighted by Crippen LogP contribution is 2.21. The van der Waals surface area contributed by atoms with E-state index in [2.05, 4.69) is 10.3 Å². The zero-order valence-electron chi connectivity index (χ0n) is 15.8. The molecule has 0 aliphatic heterocycles. The predicted octanol–water partition coefficient (Wildman–Crippen LogP) is 4.15. The molecule has 0 atom stereocenters. The molecule has 0 spiro atoms. The second kappa shape index (κ2) is 8.39. The molecule has 0 bridgehead atoms. The molecule has 5 nitrogen and oxygen atoms in total. The topological polar surface area (TPSA) is 64.0 Å². The lowest BCUT2D eigenvalue weighted by molar-refractivity contribution is -0.115. The largest absolute Gasteiger partial charge is 0.326 e. The van der Waals surface area contributed by atoms with Crippen LogP contribution in [-0.2, 0) is 11.3 Å². The number of carbonyl (C=O) groups excluding carboxylic acids is 1. The molecule has 0 aliphatic carbocycles. The summed E-state index contributed by atoms with van der Waals surface area (Å²) in [5.41, 5.74) is 3.63. The van der Waals surface area contributed by atoms with Crippen molar-refractivity contribution in [3.8, 4) is 0 Å². The van der Waals surface area contributed by atoms with Gasteiger partial charge < -0.3 is 5.32 Å². The number of rotatable bonds is 6. The van der Waals surface area contributed by atoms with Crippen LogP contribution < -0.4 is 10.9 Å². The summed E-state index contributed by atoms with van der Waals surface area (Å²) in [4.78, 5) is 29.6. The Balaban J connectivity index is 1.70. The lowest BCUT2D eigenvalue weighted by atomic mass is 10.1. The quantitative estimate of drug-likeness (QED) is 0.514. The van der Waals surface area contributed by atoms with Crippen LogP contribution in [0.4, 0.5) is 5.69 Å². The summed E-state index contributed by atoms with van der Waals surface area (Å²) < 4.78 is 1.66. The van der Waals surface area contributed by atoms with E-state index in [0.717, 1.165) is 16.8 Å². The normalized spacial score (nSPS) is 10.9. The van der Waals surface area contributed by atoms with Gasteiger partial charge in [0.05, 0.1) is 10.9 Å². The van der Waals surface area contributed by atoms with Gasteiger partial charge in [-0.1, -0.05) is 42.1 Å². The first kappa shape index (κ1) is 19.2. The monoisotopic (exact) mass is 381 g/mol. The van der Waals surface area contributed by atoms with Gasteiger partial charge in [0.2, 0.25) is 5.91 Å². The first-order valence-corrected chi connectivity index (χ1v) is 9.98. The molecule has 0 aliphatic rings. The lowest BCUT2D eigenvalue weighted by Crippen LogP contribution is -2.22. The van der Waals surface area contributed by atoms with Gasteiger partial charge in [0.25, 0.3) is 5.56 Å². The van der Waals surface area contributed by atoms with Crippen molar-refractivity contribution in [1.29, 1.82) is 0 Å². The molecule has 1 heterocycles. The summed E-state index contributed by atoms with van der Waals surface area (Å²) >= 11 is 1.44. The highest BCUT2D eigenvalue weighted by molar-refractivity contribution is 7.99. The van der Waals surface area contributed by atoms with Crippen molar-refractivity contribution < 1.29 is 4.79 Å². The van der Waals surface area contributed by atoms with E-state index in [0.29, 0.717) is 34.8 Å². The van der Waals surface area contributed by atoms with Crippen molar-refractivity contribution in [3.63, 3.8) is 0 Å². The summed E-state index contributed by atoms with van der Waals surface area (Å²) in [6.45, 7) is 6.44. The van der Waals surface area contributed by atoms with Crippen LogP contribution >= 0.6 is 11.8 Å². The number of fused-ring (bicyclic) bond motifs is 1. The van der Waals surface area contributed by atoms with E-state index < -0.39 is 0 Å². The number of aryl methyl sites for hydroxylation is 2. The highest BCUT2D eigenvalue weighted by atomic mass is 32.2. The van der Waals surface area contributed by atoms with Crippen LogP contribution in [0.15, 0.2) is 52.4 Å². The van der Waals surface area contributed by atoms with E-state index in [1.807, 2.05) is 57.2 Å². The maximum absolute atomic E-state index is 12.6. The second-order valence-electron chi connectivity index (χ2n) is 6.37. The summed E-state index contributed by atoms with van der Waals surface area (Å²) in [5, 5.41) is 4.27. The van der Waals surface area contributed by atoms with Crippen LogP contribution in [0.25, 0.3) is 10.9 Å². The fourth-order valence-corrected chi connectivity index (χ4v) is 3.99. The van der Waals surface area contributed by atoms with Crippen LogP contribution in [0.1, 0.15) is 24.5 Å². The van der Waals surface area contributed by atoms with Gasteiger partial charge in [-0.2, -0.15) is 0 Å². The second-order valence-corrected chi connectivity index (χ2v) is 7.44. The minimum atomic E-state index is -0.0365. The maximum atomic E-state index is 12.6. The van der Waals surface area contributed by atoms with E-state index in [1.165, 1.54) is 11.8 Å². The maximum Gasteiger partial charge on any atom is 0.262 e. The molecule has 1 aromatic heterocycles. The third kappa shape index (κ3) is 4.22. The zero-order chi connectivity index (χ0) is 19.4. The van der Waals surface area contributed by atoms with Crippen LogP contribution in [-0.4, -0.2) is 21.2 Å². The molecule has 3 aromatic rings. The van der Waals surface area contributed by atoms with Crippen molar-refractivity contribution in [2.75, 3.05) is 11.1 Å². The molecular formula is C21H23N3O2S. The average molecular weight is 382 g/mol. The fourth-order valence-electron chi connectivity index (χ4n) is 2.99. The van der Waals surface area contributed by atoms with Gasteiger partial charge in [0, 0.05) is 24.4 Å². The van der Waals surface area contributed by atoms with E-state index in [-0.39, 0.29) is 11.5 Å². The van der Waals surface area contributed by atoms with Crippen molar-refractivity contribution >= 4 is 34.3 Å². The Bertz CT molecular complexity index is 1020. The Kier molecular flexibility index (Phi) is 5.96. The van der Waals surface area contributed by atoms with Gasteiger partial charge in [-0.15, -0.1) is 0 Å². The molecule has 0 unspecified atom stereocenters. The smallest absolute Gasteiger partial charge is 0.262 e. The van der Waals surface area contributed by atoms with Crippen LogP contribution in [0.5, 0.6) is 0 Å². The van der Waals surface area contributed by atoms with Crippen LogP contribution in [0.3, 0.4) is 0 Å². The van der Waals surface area contributed by atoms with Crippen molar-refractivity contribution in [2.24, 2.45) is 0 Å². The first-order chi connectivity index (χ1) is 13.0. The molecule has 1 N–H and O–H groups in total. The molecule has 3 rings (SSSR count). The zero-order valence-corrected chi connectivity index (χ0v) is 16.6. The molecule has 1 amide bonds. The number of hydrogen-bond acceptors (Lipinski definition) is 4. The number of nitrogens with zero attached hydrogens (tertiary/aromatic N) is 2. The molecule has 0 radical (unpaired) electrons. The number of amides is 1. The van der Waals surface area contributed by atoms with E-state index in [4.69, 9.17) is 0 Å². The third-order valence-corrected chi connectivity index (χ3v) is 5.43. The summed E-state index contributed by atoms with van der Waals surface area (Å²) in [7, 11) is 0. The molecule has 27 heavy (non-hydrogen) atoms. The average Bonchev–Trinajstić information content (AvgIpc) is 2.65. The van der Waals surface area contributed by atoms with Crippen molar-refractivity contribution in [1.82, 2.24) is 9.55 Å². The van der Waals surface area contributed by atoms with Gasteiger partial charge >= 0.3 is 0 Å². The number of thioether (sulfide) groups is 1. The number of aromatic nitrogens is 2. The molecule has 2 aromatic carbocycles. The summed E-state index contributed by atoms with van der Waals surface area (Å²) in [6.07, 6.45) is 0.352.